The first-order valence-electron chi connectivity index (χ1n) is 19.2. The molecular weight excluding hydrogens is 704 g/mol. The molecule has 3 aromatic rings. The lowest BCUT2D eigenvalue weighted by Gasteiger charge is -2.43. The number of hydrogen-bond donors (Lipinski definition) is 2. The first-order valence-corrected chi connectivity index (χ1v) is 19.5. The summed E-state index contributed by atoms with van der Waals surface area (Å²) in [5.74, 6) is 0.727. The molecule has 6 heterocycles. The van der Waals surface area contributed by atoms with Crippen LogP contribution in [-0.4, -0.2) is 115 Å². The minimum Gasteiger partial charge on any atom is -0.374 e. The van der Waals surface area contributed by atoms with Gasteiger partial charge >= 0.3 is 0 Å². The standard InChI is InChI=1S/C40H47ClN10O3/c1-27-21-40(26-51(27)32-6-5-29(22-42)33(41)20-32)11-13-49(14-12-40)36-9-7-35(45-46-36)39(54)50-24-28(25-50)23-47-15-17-48(18-16-47)31-4-2-3-30(19-31)43-34-8-10-37(52)44-38(34)53/h2-7,9,19-20,27-28,34,43H,8,10-18,21,23-26H2,1H3,(H,44,52,53)/t27-,34?/m1/s1. The highest BCUT2D eigenvalue weighted by Crippen LogP contribution is 2.45. The molecular formula is C40H47ClN10O3. The van der Waals surface area contributed by atoms with Gasteiger partial charge in [-0.05, 0) is 86.6 Å². The largest absolute Gasteiger partial charge is 0.374 e. The Morgan fingerprint density at radius 1 is 0.981 bits per heavy atom. The highest BCUT2D eigenvalue weighted by atomic mass is 35.5. The van der Waals surface area contributed by atoms with E-state index in [9.17, 15) is 19.6 Å². The number of hydrogen-bond acceptors (Lipinski definition) is 11. The van der Waals surface area contributed by atoms with Gasteiger partial charge in [0.2, 0.25) is 11.8 Å². The van der Waals surface area contributed by atoms with Crippen molar-refractivity contribution < 1.29 is 14.4 Å². The third kappa shape index (κ3) is 7.54. The second kappa shape index (κ2) is 15.1. The highest BCUT2D eigenvalue weighted by molar-refractivity contribution is 6.32. The fourth-order valence-corrected chi connectivity index (χ4v) is 9.23. The number of aromatic nitrogens is 2. The second-order valence-corrected chi connectivity index (χ2v) is 16.2. The Morgan fingerprint density at radius 3 is 2.48 bits per heavy atom. The van der Waals surface area contributed by atoms with Crippen molar-refractivity contribution in [2.75, 3.05) is 85.5 Å². The van der Waals surface area contributed by atoms with Gasteiger partial charge in [0, 0.05) is 101 Å². The van der Waals surface area contributed by atoms with E-state index in [1.54, 1.807) is 0 Å². The first-order chi connectivity index (χ1) is 26.1. The summed E-state index contributed by atoms with van der Waals surface area (Å²) in [6.45, 7) is 11.2. The van der Waals surface area contributed by atoms with Crippen LogP contribution in [0, 0.1) is 22.7 Å². The van der Waals surface area contributed by atoms with Crippen LogP contribution in [0.1, 0.15) is 55.1 Å². The number of amides is 3. The van der Waals surface area contributed by atoms with Crippen molar-refractivity contribution in [1.82, 2.24) is 25.3 Å². The van der Waals surface area contributed by atoms with Crippen LogP contribution in [-0.2, 0) is 9.59 Å². The second-order valence-electron chi connectivity index (χ2n) is 15.8. The van der Waals surface area contributed by atoms with Crippen LogP contribution >= 0.6 is 11.6 Å². The van der Waals surface area contributed by atoms with Gasteiger partial charge in [-0.1, -0.05) is 17.7 Å². The number of nitrogens with zero attached hydrogens (tertiary/aromatic N) is 8. The van der Waals surface area contributed by atoms with Crippen LogP contribution in [0.15, 0.2) is 54.6 Å². The molecule has 0 saturated carbocycles. The summed E-state index contributed by atoms with van der Waals surface area (Å²) in [5, 5.41) is 24.3. The van der Waals surface area contributed by atoms with Crippen LogP contribution in [0.3, 0.4) is 0 Å². The number of anilines is 4. The zero-order chi connectivity index (χ0) is 37.4. The molecule has 0 aliphatic carbocycles. The van der Waals surface area contributed by atoms with Crippen molar-refractivity contribution in [3.05, 3.63) is 70.9 Å². The number of nitriles is 1. The zero-order valence-corrected chi connectivity index (χ0v) is 31.5. The van der Waals surface area contributed by atoms with Crippen LogP contribution in [0.4, 0.5) is 22.9 Å². The highest BCUT2D eigenvalue weighted by Gasteiger charge is 2.44. The van der Waals surface area contributed by atoms with Gasteiger partial charge in [0.05, 0.1) is 10.6 Å². The molecule has 0 radical (unpaired) electrons. The van der Waals surface area contributed by atoms with Crippen LogP contribution in [0.25, 0.3) is 0 Å². The van der Waals surface area contributed by atoms with E-state index in [4.69, 9.17) is 11.6 Å². The van der Waals surface area contributed by atoms with Gasteiger partial charge in [0.15, 0.2) is 11.5 Å². The molecule has 8 rings (SSSR count). The molecule has 5 saturated heterocycles. The average molecular weight is 751 g/mol. The number of nitrogens with one attached hydrogen (secondary N) is 2. The Bertz CT molecular complexity index is 1930. The molecule has 13 nitrogen and oxygen atoms in total. The van der Waals surface area contributed by atoms with Crippen LogP contribution in [0.5, 0.6) is 0 Å². The molecule has 14 heteroatoms. The molecule has 54 heavy (non-hydrogen) atoms. The molecule has 5 fully saturated rings. The van der Waals surface area contributed by atoms with Crippen molar-refractivity contribution in [3.8, 4) is 6.07 Å². The van der Waals surface area contributed by atoms with E-state index in [1.807, 2.05) is 47.4 Å². The summed E-state index contributed by atoms with van der Waals surface area (Å²) in [6.07, 6.45) is 4.08. The number of carbonyl (C=O) groups is 3. The maximum atomic E-state index is 13.3. The lowest BCUT2D eigenvalue weighted by molar-refractivity contribution is -0.133. The summed E-state index contributed by atoms with van der Waals surface area (Å²) >= 11 is 6.36. The number of piperazine rings is 1. The normalized spacial score (nSPS) is 23.3. The predicted octanol–water partition coefficient (Wildman–Crippen LogP) is 4.00. The summed E-state index contributed by atoms with van der Waals surface area (Å²) in [7, 11) is 0. The smallest absolute Gasteiger partial charge is 0.274 e. The molecule has 3 amide bonds. The van der Waals surface area contributed by atoms with Crippen LogP contribution in [0.2, 0.25) is 5.02 Å². The van der Waals surface area contributed by atoms with Crippen molar-refractivity contribution in [2.45, 2.75) is 51.1 Å². The Labute approximate surface area is 321 Å². The monoisotopic (exact) mass is 750 g/mol. The van der Waals surface area contributed by atoms with E-state index in [0.717, 1.165) is 108 Å². The molecule has 5 aliphatic heterocycles. The summed E-state index contributed by atoms with van der Waals surface area (Å²) in [5.41, 5.74) is 4.20. The van der Waals surface area contributed by atoms with Crippen molar-refractivity contribution in [1.29, 1.82) is 5.26 Å². The number of likely N-dealkylation sites (tertiary alicyclic amines) is 1. The van der Waals surface area contributed by atoms with E-state index >= 15 is 0 Å². The molecule has 0 bridgehead atoms. The van der Waals surface area contributed by atoms with Gasteiger partial charge in [0.25, 0.3) is 5.91 Å². The zero-order valence-electron chi connectivity index (χ0n) is 30.7. The molecule has 1 unspecified atom stereocenters. The Hall–Kier alpha value is -4.93. The van der Waals surface area contributed by atoms with Gasteiger partial charge in [-0.15, -0.1) is 10.2 Å². The SMILES string of the molecule is C[C@@H]1CC2(CCN(c3ccc(C(=O)N4CC(CN5CCN(c6cccc(NC7CCC(=O)NC7=O)c6)CC5)C4)nn3)CC2)CN1c1ccc(C#N)c(Cl)c1. The minimum atomic E-state index is -0.401. The summed E-state index contributed by atoms with van der Waals surface area (Å²) in [4.78, 5) is 48.4. The lowest BCUT2D eigenvalue weighted by atomic mass is 9.77. The van der Waals surface area contributed by atoms with Crippen molar-refractivity contribution in [2.24, 2.45) is 11.3 Å². The number of piperidine rings is 2. The van der Waals surface area contributed by atoms with Gasteiger partial charge < -0.3 is 24.9 Å². The number of imide groups is 1. The number of carbonyl (C=O) groups excluding carboxylic acids is 3. The van der Waals surface area contributed by atoms with Crippen LogP contribution < -0.4 is 25.3 Å². The number of rotatable bonds is 8. The third-order valence-corrected chi connectivity index (χ3v) is 12.4. The van der Waals surface area contributed by atoms with Crippen molar-refractivity contribution in [3.63, 3.8) is 0 Å². The van der Waals surface area contributed by atoms with E-state index in [-0.39, 0.29) is 23.1 Å². The molecule has 1 aromatic heterocycles. The predicted molar refractivity (Wildman–Crippen MR) is 208 cm³/mol. The van der Waals surface area contributed by atoms with E-state index < -0.39 is 6.04 Å². The summed E-state index contributed by atoms with van der Waals surface area (Å²) < 4.78 is 0. The van der Waals surface area contributed by atoms with Gasteiger partial charge in [0.1, 0.15) is 12.1 Å². The van der Waals surface area contributed by atoms with E-state index in [2.05, 4.69) is 65.6 Å². The van der Waals surface area contributed by atoms with E-state index in [0.29, 0.717) is 41.1 Å². The fourth-order valence-electron chi connectivity index (χ4n) is 9.01. The Kier molecular flexibility index (Phi) is 10.1. The summed E-state index contributed by atoms with van der Waals surface area (Å²) in [6, 6.07) is 19.8. The average Bonchev–Trinajstić information content (AvgIpc) is 3.49. The lowest BCUT2D eigenvalue weighted by Crippen LogP contribution is -2.56. The quantitative estimate of drug-likeness (QED) is 0.323. The molecule has 282 valence electrons. The maximum Gasteiger partial charge on any atom is 0.274 e. The molecule has 2 aromatic carbocycles. The van der Waals surface area contributed by atoms with Gasteiger partial charge in [-0.2, -0.15) is 5.26 Å². The molecule has 5 aliphatic rings. The molecule has 2 atom stereocenters. The Morgan fingerprint density at radius 2 is 1.78 bits per heavy atom. The molecule has 2 N–H and O–H groups in total. The fraction of sp³-hybridized carbons (Fsp3) is 0.500. The topological polar surface area (TPSA) is 141 Å². The van der Waals surface area contributed by atoms with E-state index in [1.165, 1.54) is 0 Å². The van der Waals surface area contributed by atoms with Crippen molar-refractivity contribution >= 4 is 52.2 Å². The maximum absolute atomic E-state index is 13.3. The van der Waals surface area contributed by atoms with Gasteiger partial charge in [-0.3, -0.25) is 24.6 Å². The molecule has 1 spiro atoms. The number of benzene rings is 2. The Balaban J connectivity index is 0.764. The van der Waals surface area contributed by atoms with Gasteiger partial charge in [-0.25, -0.2) is 0 Å². The minimum absolute atomic E-state index is 0.0542. The number of halogens is 1. The first kappa shape index (κ1) is 36.1. The third-order valence-electron chi connectivity index (χ3n) is 12.1.